The number of hydrogen-bond acceptors (Lipinski definition) is 3. The summed E-state index contributed by atoms with van der Waals surface area (Å²) in [6, 6.07) is 20.6. The minimum absolute atomic E-state index is 0.0276. The van der Waals surface area contributed by atoms with Crippen LogP contribution in [0.15, 0.2) is 66.7 Å². The van der Waals surface area contributed by atoms with E-state index < -0.39 is 5.91 Å². The molecule has 4 aromatic rings. The van der Waals surface area contributed by atoms with E-state index in [1.807, 2.05) is 48.5 Å². The van der Waals surface area contributed by atoms with Gasteiger partial charge < -0.3 is 16.5 Å². The van der Waals surface area contributed by atoms with Gasteiger partial charge in [0.1, 0.15) is 11.7 Å². The number of imidazole rings is 1. The maximum absolute atomic E-state index is 11.2. The lowest BCUT2D eigenvalue weighted by molar-refractivity contribution is 0.100. The number of aromatic nitrogens is 2. The highest BCUT2D eigenvalue weighted by atomic mass is 16.1. The first-order valence-electron chi connectivity index (χ1n) is 8.36. The SMILES string of the molecule is N=C(N)c1ccc2nc(-c3ccc(-c4ccc(C(N)=O)cc4)cc3)[nH]c2c1. The number of amidine groups is 1. The minimum atomic E-state index is -0.435. The summed E-state index contributed by atoms with van der Waals surface area (Å²) in [6.07, 6.45) is 0. The molecule has 0 aliphatic rings. The molecule has 132 valence electrons. The first kappa shape index (κ1) is 16.5. The van der Waals surface area contributed by atoms with Crippen molar-refractivity contribution in [1.82, 2.24) is 9.97 Å². The summed E-state index contributed by atoms with van der Waals surface area (Å²) in [5.74, 6) is 0.343. The largest absolute Gasteiger partial charge is 0.384 e. The number of nitrogens with one attached hydrogen (secondary N) is 2. The van der Waals surface area contributed by atoms with Crippen molar-refractivity contribution in [1.29, 1.82) is 5.41 Å². The second-order valence-electron chi connectivity index (χ2n) is 6.25. The van der Waals surface area contributed by atoms with Crippen molar-refractivity contribution in [2.24, 2.45) is 11.5 Å². The Balaban J connectivity index is 1.64. The van der Waals surface area contributed by atoms with E-state index in [-0.39, 0.29) is 5.84 Å². The third-order valence-electron chi connectivity index (χ3n) is 4.45. The van der Waals surface area contributed by atoms with Crippen LogP contribution in [0, 0.1) is 5.41 Å². The Bertz CT molecular complexity index is 1160. The molecule has 1 aromatic heterocycles. The van der Waals surface area contributed by atoms with Crippen LogP contribution in [-0.2, 0) is 0 Å². The van der Waals surface area contributed by atoms with Crippen LogP contribution in [0.2, 0.25) is 0 Å². The Kier molecular flexibility index (Phi) is 3.93. The zero-order valence-electron chi connectivity index (χ0n) is 14.4. The van der Waals surface area contributed by atoms with E-state index in [2.05, 4.69) is 9.97 Å². The van der Waals surface area contributed by atoms with Gasteiger partial charge in [-0.05, 0) is 41.5 Å². The molecule has 0 aliphatic carbocycles. The topological polar surface area (TPSA) is 122 Å². The van der Waals surface area contributed by atoms with Gasteiger partial charge in [0.05, 0.1) is 11.0 Å². The molecule has 0 spiro atoms. The highest BCUT2D eigenvalue weighted by Gasteiger charge is 2.08. The molecule has 1 amide bonds. The molecule has 1 heterocycles. The quantitative estimate of drug-likeness (QED) is 0.332. The van der Waals surface area contributed by atoms with E-state index in [4.69, 9.17) is 16.9 Å². The van der Waals surface area contributed by atoms with Gasteiger partial charge in [-0.15, -0.1) is 0 Å². The molecule has 3 aromatic carbocycles. The van der Waals surface area contributed by atoms with E-state index >= 15 is 0 Å². The highest BCUT2D eigenvalue weighted by molar-refractivity contribution is 5.98. The van der Waals surface area contributed by atoms with Crippen LogP contribution in [0.3, 0.4) is 0 Å². The monoisotopic (exact) mass is 355 g/mol. The lowest BCUT2D eigenvalue weighted by Gasteiger charge is -2.04. The van der Waals surface area contributed by atoms with Crippen LogP contribution >= 0.6 is 0 Å². The number of H-pyrrole nitrogens is 1. The molecule has 0 saturated carbocycles. The van der Waals surface area contributed by atoms with Crippen LogP contribution in [0.25, 0.3) is 33.5 Å². The number of nitrogen functional groups attached to an aromatic ring is 1. The van der Waals surface area contributed by atoms with Gasteiger partial charge in [0.2, 0.25) is 5.91 Å². The number of hydrogen-bond donors (Lipinski definition) is 4. The van der Waals surface area contributed by atoms with Crippen molar-refractivity contribution >= 4 is 22.8 Å². The number of fused-ring (bicyclic) bond motifs is 1. The fraction of sp³-hybridized carbons (Fsp3) is 0. The van der Waals surface area contributed by atoms with Gasteiger partial charge in [-0.2, -0.15) is 0 Å². The summed E-state index contributed by atoms with van der Waals surface area (Å²) >= 11 is 0. The highest BCUT2D eigenvalue weighted by Crippen LogP contribution is 2.25. The van der Waals surface area contributed by atoms with Gasteiger partial charge in [-0.1, -0.05) is 36.4 Å². The summed E-state index contributed by atoms with van der Waals surface area (Å²) in [5.41, 5.74) is 16.6. The number of rotatable bonds is 4. The van der Waals surface area contributed by atoms with Crippen molar-refractivity contribution in [2.75, 3.05) is 0 Å². The Morgan fingerprint density at radius 2 is 1.37 bits per heavy atom. The molecular weight excluding hydrogens is 338 g/mol. The maximum atomic E-state index is 11.2. The summed E-state index contributed by atoms with van der Waals surface area (Å²) in [4.78, 5) is 19.0. The molecule has 4 rings (SSSR count). The average Bonchev–Trinajstić information content (AvgIpc) is 3.11. The summed E-state index contributed by atoms with van der Waals surface area (Å²) < 4.78 is 0. The summed E-state index contributed by atoms with van der Waals surface area (Å²) in [5, 5.41) is 7.54. The zero-order chi connectivity index (χ0) is 19.0. The number of amides is 1. The summed E-state index contributed by atoms with van der Waals surface area (Å²) in [7, 11) is 0. The van der Waals surface area contributed by atoms with E-state index in [1.54, 1.807) is 18.2 Å². The van der Waals surface area contributed by atoms with Crippen molar-refractivity contribution in [3.05, 3.63) is 77.9 Å². The standard InChI is InChI=1S/C21H17N5O/c22-19(23)16-9-10-17-18(11-16)26-21(25-17)15-7-3-13(4-8-15)12-1-5-14(6-2-12)20(24)27/h1-11H,(H3,22,23)(H2,24,27)(H,25,26). The number of carbonyl (C=O) groups is 1. The van der Waals surface area contributed by atoms with Crippen molar-refractivity contribution in [3.63, 3.8) is 0 Å². The summed E-state index contributed by atoms with van der Waals surface area (Å²) in [6.45, 7) is 0. The van der Waals surface area contributed by atoms with Gasteiger partial charge in [0, 0.05) is 16.7 Å². The van der Waals surface area contributed by atoms with Gasteiger partial charge in [-0.25, -0.2) is 4.98 Å². The van der Waals surface area contributed by atoms with E-state index in [9.17, 15) is 4.79 Å². The first-order chi connectivity index (χ1) is 13.0. The Morgan fingerprint density at radius 3 is 1.96 bits per heavy atom. The molecule has 0 unspecified atom stereocenters. The molecule has 6 heteroatoms. The molecule has 0 atom stereocenters. The zero-order valence-corrected chi connectivity index (χ0v) is 14.4. The van der Waals surface area contributed by atoms with Crippen LogP contribution < -0.4 is 11.5 Å². The lowest BCUT2D eigenvalue weighted by Crippen LogP contribution is -2.10. The van der Waals surface area contributed by atoms with E-state index in [1.165, 1.54) is 0 Å². The van der Waals surface area contributed by atoms with Crippen molar-refractivity contribution in [2.45, 2.75) is 0 Å². The van der Waals surface area contributed by atoms with E-state index in [0.29, 0.717) is 11.1 Å². The van der Waals surface area contributed by atoms with Gasteiger partial charge in [0.25, 0.3) is 0 Å². The first-order valence-corrected chi connectivity index (χ1v) is 8.36. The Labute approximate surface area is 155 Å². The fourth-order valence-corrected chi connectivity index (χ4v) is 2.96. The van der Waals surface area contributed by atoms with Crippen LogP contribution in [0.4, 0.5) is 0 Å². The predicted molar refractivity (Wildman–Crippen MR) is 106 cm³/mol. The average molecular weight is 355 g/mol. The Hall–Kier alpha value is -3.93. The van der Waals surface area contributed by atoms with Crippen LogP contribution in [-0.4, -0.2) is 21.7 Å². The second kappa shape index (κ2) is 6.42. The van der Waals surface area contributed by atoms with Gasteiger partial charge >= 0.3 is 0 Å². The van der Waals surface area contributed by atoms with Gasteiger partial charge in [-0.3, -0.25) is 10.2 Å². The normalized spacial score (nSPS) is 10.8. The predicted octanol–water partition coefficient (Wildman–Crippen LogP) is 3.28. The minimum Gasteiger partial charge on any atom is -0.384 e. The lowest BCUT2D eigenvalue weighted by atomic mass is 10.0. The number of nitrogens with two attached hydrogens (primary N) is 2. The smallest absolute Gasteiger partial charge is 0.248 e. The number of nitrogens with zero attached hydrogens (tertiary/aromatic N) is 1. The molecule has 0 radical (unpaired) electrons. The molecule has 0 bridgehead atoms. The molecule has 0 aliphatic heterocycles. The number of carbonyl (C=O) groups excluding carboxylic acids is 1. The molecular formula is C21H17N5O. The number of benzene rings is 3. The number of aromatic amines is 1. The van der Waals surface area contributed by atoms with Crippen molar-refractivity contribution in [3.8, 4) is 22.5 Å². The molecule has 6 nitrogen and oxygen atoms in total. The van der Waals surface area contributed by atoms with E-state index in [0.717, 1.165) is 33.5 Å². The molecule has 0 saturated heterocycles. The number of primary amides is 1. The molecule has 0 fully saturated rings. The fourth-order valence-electron chi connectivity index (χ4n) is 2.96. The Morgan fingerprint density at radius 1 is 0.815 bits per heavy atom. The maximum Gasteiger partial charge on any atom is 0.248 e. The van der Waals surface area contributed by atoms with Crippen LogP contribution in [0.5, 0.6) is 0 Å². The van der Waals surface area contributed by atoms with Crippen LogP contribution in [0.1, 0.15) is 15.9 Å². The van der Waals surface area contributed by atoms with Crippen molar-refractivity contribution < 1.29 is 4.79 Å². The molecule has 27 heavy (non-hydrogen) atoms. The third kappa shape index (κ3) is 3.16. The second-order valence-corrected chi connectivity index (χ2v) is 6.25. The molecule has 6 N–H and O–H groups in total. The van der Waals surface area contributed by atoms with Gasteiger partial charge in [0.15, 0.2) is 0 Å². The third-order valence-corrected chi connectivity index (χ3v) is 4.45.